The molecule has 2 aliphatic rings. The lowest BCUT2D eigenvalue weighted by atomic mass is 9.87. The van der Waals surface area contributed by atoms with Crippen molar-refractivity contribution in [1.82, 2.24) is 5.32 Å². The Morgan fingerprint density at radius 2 is 2.04 bits per heavy atom. The maximum Gasteiger partial charge on any atom is 0.251 e. The van der Waals surface area contributed by atoms with Crippen molar-refractivity contribution in [2.75, 3.05) is 29.2 Å². The van der Waals surface area contributed by atoms with Gasteiger partial charge in [0.25, 0.3) is 5.91 Å². The van der Waals surface area contributed by atoms with E-state index in [0.29, 0.717) is 12.1 Å². The number of amides is 1. The van der Waals surface area contributed by atoms with Crippen molar-refractivity contribution in [3.05, 3.63) is 58.6 Å². The lowest BCUT2D eigenvalue weighted by Gasteiger charge is -2.43. The first kappa shape index (κ1) is 19.2. The van der Waals surface area contributed by atoms with Crippen molar-refractivity contribution >= 4 is 46.5 Å². The van der Waals surface area contributed by atoms with Gasteiger partial charge in [-0.25, -0.2) is 0 Å². The molecule has 0 aliphatic carbocycles. The van der Waals surface area contributed by atoms with Crippen LogP contribution in [0.5, 0.6) is 0 Å². The monoisotopic (exact) mass is 414 g/mol. The maximum atomic E-state index is 12.0. The summed E-state index contributed by atoms with van der Waals surface area (Å²) >= 11 is 8.10. The number of nitrogens with zero attached hydrogens (tertiary/aromatic N) is 1. The van der Waals surface area contributed by atoms with Crippen LogP contribution in [0.2, 0.25) is 5.02 Å². The summed E-state index contributed by atoms with van der Waals surface area (Å²) in [6.07, 6.45) is 2.02. The number of carbonyl (C=O) groups excluding carboxylic acids is 1. The molecule has 2 aromatic rings. The number of fused-ring (bicyclic) bond motifs is 1. The van der Waals surface area contributed by atoms with Gasteiger partial charge < -0.3 is 16.0 Å². The molecule has 0 saturated carbocycles. The minimum Gasteiger partial charge on any atom is -0.371 e. The highest BCUT2D eigenvalue weighted by molar-refractivity contribution is 7.99. The van der Waals surface area contributed by atoms with E-state index in [9.17, 15) is 4.79 Å². The summed E-state index contributed by atoms with van der Waals surface area (Å²) in [5.74, 6) is 3.03. The van der Waals surface area contributed by atoms with Crippen LogP contribution in [0.4, 0.5) is 11.4 Å². The quantitative estimate of drug-likeness (QED) is 0.696. The first-order chi connectivity index (χ1) is 13.6. The number of hydrogen-bond donors (Lipinski definition) is 3. The lowest BCUT2D eigenvalue weighted by molar-refractivity contribution is 0.0963. The molecule has 2 aliphatic heterocycles. The second kappa shape index (κ2) is 8.05. The van der Waals surface area contributed by atoms with Crippen molar-refractivity contribution in [3.8, 4) is 0 Å². The molecule has 0 unspecified atom stereocenters. The van der Waals surface area contributed by atoms with E-state index in [-0.39, 0.29) is 11.4 Å². The first-order valence-electron chi connectivity index (χ1n) is 9.38. The molecule has 28 heavy (non-hydrogen) atoms. The van der Waals surface area contributed by atoms with Crippen LogP contribution in [0, 0.1) is 0 Å². The highest BCUT2D eigenvalue weighted by atomic mass is 35.5. The van der Waals surface area contributed by atoms with Crippen molar-refractivity contribution in [3.63, 3.8) is 0 Å². The van der Waals surface area contributed by atoms with E-state index in [1.54, 1.807) is 7.05 Å². The molecule has 3 N–H and O–H groups in total. The maximum absolute atomic E-state index is 12.0. The predicted octanol–water partition coefficient (Wildman–Crippen LogP) is 4.40. The van der Waals surface area contributed by atoms with E-state index in [0.717, 1.165) is 52.1 Å². The molecule has 5 nitrogen and oxygen atoms in total. The summed E-state index contributed by atoms with van der Waals surface area (Å²) in [6.45, 7) is 0.559. The van der Waals surface area contributed by atoms with Crippen molar-refractivity contribution < 1.29 is 4.79 Å². The van der Waals surface area contributed by atoms with Gasteiger partial charge in [-0.2, -0.15) is 11.8 Å². The second-order valence-corrected chi connectivity index (χ2v) is 8.74. The molecule has 2 aromatic carbocycles. The van der Waals surface area contributed by atoms with E-state index in [2.05, 4.69) is 16.0 Å². The number of halogens is 1. The molecule has 0 bridgehead atoms. The topological polar surface area (TPSA) is 65.5 Å². The van der Waals surface area contributed by atoms with Crippen LogP contribution in [0.3, 0.4) is 0 Å². The third-order valence-electron chi connectivity index (χ3n) is 5.24. The molecule has 7 heteroatoms. The highest BCUT2D eigenvalue weighted by Gasteiger charge is 2.41. The SMILES string of the molecule is CNC(=O)c1ccc2c(c1)NC(=NCc1cccc(Cl)c1)C1(CCSCC1)N2. The van der Waals surface area contributed by atoms with Gasteiger partial charge in [0.15, 0.2) is 0 Å². The van der Waals surface area contributed by atoms with Gasteiger partial charge in [0.1, 0.15) is 5.84 Å². The fourth-order valence-electron chi connectivity index (χ4n) is 3.68. The number of hydrogen-bond acceptors (Lipinski definition) is 4. The van der Waals surface area contributed by atoms with Gasteiger partial charge in [-0.3, -0.25) is 9.79 Å². The minimum atomic E-state index is -0.189. The Morgan fingerprint density at radius 1 is 1.21 bits per heavy atom. The van der Waals surface area contributed by atoms with Gasteiger partial charge in [0.05, 0.1) is 23.5 Å². The summed E-state index contributed by atoms with van der Waals surface area (Å²) < 4.78 is 0. The molecule has 146 valence electrons. The Hall–Kier alpha value is -2.18. The molecule has 4 rings (SSSR count). The standard InChI is InChI=1S/C21H23ClN4OS/c1-23-19(27)15-5-6-17-18(12-15)25-20(21(26-17)7-9-28-10-8-21)24-13-14-3-2-4-16(22)11-14/h2-6,11-12,26H,7-10,13H2,1H3,(H,23,27)(H,24,25). The van der Waals surface area contributed by atoms with Gasteiger partial charge in [0, 0.05) is 17.6 Å². The molecule has 1 saturated heterocycles. The molecule has 0 radical (unpaired) electrons. The molecule has 2 heterocycles. The van der Waals surface area contributed by atoms with Crippen molar-refractivity contribution in [2.24, 2.45) is 4.99 Å². The zero-order valence-electron chi connectivity index (χ0n) is 15.7. The van der Waals surface area contributed by atoms with Crippen LogP contribution in [0.25, 0.3) is 0 Å². The zero-order chi connectivity index (χ0) is 19.6. The predicted molar refractivity (Wildman–Crippen MR) is 119 cm³/mol. The molecule has 0 atom stereocenters. The van der Waals surface area contributed by atoms with Gasteiger partial charge >= 0.3 is 0 Å². The number of benzene rings is 2. The lowest BCUT2D eigenvalue weighted by Crippen LogP contribution is -2.54. The first-order valence-corrected chi connectivity index (χ1v) is 10.9. The van der Waals surface area contributed by atoms with Gasteiger partial charge in [-0.1, -0.05) is 23.7 Å². The van der Waals surface area contributed by atoms with Gasteiger partial charge in [-0.05, 0) is 60.2 Å². The van der Waals surface area contributed by atoms with Gasteiger partial charge in [-0.15, -0.1) is 0 Å². The van der Waals surface area contributed by atoms with Crippen LogP contribution >= 0.6 is 23.4 Å². The van der Waals surface area contributed by atoms with Crippen LogP contribution in [0.1, 0.15) is 28.8 Å². The Kier molecular flexibility index (Phi) is 5.51. The molecular formula is C21H23ClN4OS. The van der Waals surface area contributed by atoms with E-state index in [1.165, 1.54) is 0 Å². The number of rotatable bonds is 3. The third kappa shape index (κ3) is 3.84. The smallest absolute Gasteiger partial charge is 0.251 e. The average molecular weight is 415 g/mol. The van der Waals surface area contributed by atoms with Crippen molar-refractivity contribution in [2.45, 2.75) is 24.9 Å². The summed E-state index contributed by atoms with van der Waals surface area (Å²) in [5, 5.41) is 10.7. The number of aliphatic imine (C=N–C) groups is 1. The molecular weight excluding hydrogens is 392 g/mol. The van der Waals surface area contributed by atoms with Crippen LogP contribution < -0.4 is 16.0 Å². The molecule has 0 aromatic heterocycles. The molecule has 1 spiro atoms. The Balaban J connectivity index is 1.68. The van der Waals surface area contributed by atoms with Crippen LogP contribution in [-0.4, -0.2) is 35.8 Å². The fourth-order valence-corrected chi connectivity index (χ4v) is 5.09. The van der Waals surface area contributed by atoms with E-state index >= 15 is 0 Å². The average Bonchev–Trinajstić information content (AvgIpc) is 2.72. The number of amidine groups is 1. The highest BCUT2D eigenvalue weighted by Crippen LogP contribution is 2.39. The second-order valence-electron chi connectivity index (χ2n) is 7.08. The largest absolute Gasteiger partial charge is 0.371 e. The van der Waals surface area contributed by atoms with Crippen LogP contribution in [0.15, 0.2) is 47.5 Å². The van der Waals surface area contributed by atoms with Gasteiger partial charge in [0.2, 0.25) is 0 Å². The number of nitrogens with one attached hydrogen (secondary N) is 3. The Bertz CT molecular complexity index is 924. The fraction of sp³-hybridized carbons (Fsp3) is 0.333. The summed E-state index contributed by atoms with van der Waals surface area (Å²) in [4.78, 5) is 17.0. The molecule has 1 fully saturated rings. The summed E-state index contributed by atoms with van der Waals surface area (Å²) in [7, 11) is 1.64. The minimum absolute atomic E-state index is 0.101. The Morgan fingerprint density at radius 3 is 2.79 bits per heavy atom. The molecule has 1 amide bonds. The van der Waals surface area contributed by atoms with E-state index < -0.39 is 0 Å². The van der Waals surface area contributed by atoms with Crippen molar-refractivity contribution in [1.29, 1.82) is 0 Å². The third-order valence-corrected chi connectivity index (χ3v) is 6.46. The van der Waals surface area contributed by atoms with E-state index in [1.807, 2.05) is 54.2 Å². The summed E-state index contributed by atoms with van der Waals surface area (Å²) in [6, 6.07) is 13.5. The van der Waals surface area contributed by atoms with E-state index in [4.69, 9.17) is 16.6 Å². The number of carbonyl (C=O) groups is 1. The zero-order valence-corrected chi connectivity index (χ0v) is 17.3. The number of thioether (sulfide) groups is 1. The Labute approximate surface area is 174 Å². The normalized spacial score (nSPS) is 18.9. The number of anilines is 2. The summed E-state index contributed by atoms with van der Waals surface area (Å²) in [5.41, 5.74) is 3.41. The van der Waals surface area contributed by atoms with Crippen LogP contribution in [-0.2, 0) is 6.54 Å².